The molecule has 36 heavy (non-hydrogen) atoms. The van der Waals surface area contributed by atoms with Gasteiger partial charge in [-0.3, -0.25) is 0 Å². The largest absolute Gasteiger partial charge is 0.504 e. The molecule has 1 aromatic rings. The molecule has 11 heteroatoms. The topological polar surface area (TPSA) is 172 Å². The molecule has 0 saturated carbocycles. The zero-order valence-corrected chi connectivity index (χ0v) is 19.8. The summed E-state index contributed by atoms with van der Waals surface area (Å²) in [6, 6.07) is 3.97. The van der Waals surface area contributed by atoms with Gasteiger partial charge in [0.15, 0.2) is 17.8 Å². The van der Waals surface area contributed by atoms with Gasteiger partial charge in [0.1, 0.15) is 37.1 Å². The van der Waals surface area contributed by atoms with Gasteiger partial charge in [-0.2, -0.15) is 0 Å². The minimum atomic E-state index is -1.63. The number of carbonyl (C=O) groups excluding carboxylic acids is 2. The number of esters is 2. The molecule has 0 radical (unpaired) electrons. The Morgan fingerprint density at radius 2 is 1.86 bits per heavy atom. The Bertz CT molecular complexity index is 1040. The maximum absolute atomic E-state index is 12.0. The van der Waals surface area contributed by atoms with Crippen molar-refractivity contribution in [2.75, 3.05) is 13.2 Å². The van der Waals surface area contributed by atoms with Crippen LogP contribution in [0.5, 0.6) is 11.5 Å². The number of ether oxygens (including phenoxy) is 4. The Kier molecular flexibility index (Phi) is 9.24. The van der Waals surface area contributed by atoms with E-state index < -0.39 is 49.3 Å². The number of carbonyl (C=O) groups is 2. The molecular formula is C25H30O11. The van der Waals surface area contributed by atoms with E-state index in [9.17, 15) is 35.1 Å². The van der Waals surface area contributed by atoms with E-state index in [1.54, 1.807) is 0 Å². The number of aliphatic hydroxyl groups excluding tert-OH is 3. The van der Waals surface area contributed by atoms with E-state index in [0.717, 1.165) is 11.6 Å². The van der Waals surface area contributed by atoms with Crippen molar-refractivity contribution >= 4 is 18.0 Å². The summed E-state index contributed by atoms with van der Waals surface area (Å²) < 4.78 is 21.2. The van der Waals surface area contributed by atoms with Crippen molar-refractivity contribution in [2.45, 2.75) is 57.1 Å². The summed E-state index contributed by atoms with van der Waals surface area (Å²) in [5.41, 5.74) is 1.84. The quantitative estimate of drug-likeness (QED) is 0.145. The van der Waals surface area contributed by atoms with E-state index in [0.29, 0.717) is 17.6 Å². The van der Waals surface area contributed by atoms with E-state index >= 15 is 0 Å². The summed E-state index contributed by atoms with van der Waals surface area (Å²) in [6.45, 7) is 3.20. The molecule has 6 atom stereocenters. The SMILES string of the molecule is CC(C)=CC1CC(=CCOC2OC(COC(=O)C=Cc3ccc(O)c(O)c3)C(O)C(O)C2O)C(=O)O1. The number of cyclic esters (lactones) is 1. The predicted molar refractivity (Wildman–Crippen MR) is 124 cm³/mol. The van der Waals surface area contributed by atoms with E-state index in [1.165, 1.54) is 30.4 Å². The first kappa shape index (κ1) is 27.4. The van der Waals surface area contributed by atoms with Crippen LogP contribution in [0.2, 0.25) is 0 Å². The standard InChI is InChI=1S/C25H30O11/c1-13(2)9-16-11-15(24(32)35-16)7-8-33-25-23(31)22(30)21(29)19(36-25)12-34-20(28)6-4-14-3-5-17(26)18(27)10-14/h3-7,9-10,16,19,21-23,25-27,29-31H,8,11-12H2,1-2H3. The molecule has 2 heterocycles. The van der Waals surface area contributed by atoms with Gasteiger partial charge in [0.2, 0.25) is 0 Å². The van der Waals surface area contributed by atoms with Gasteiger partial charge in [-0.1, -0.05) is 11.6 Å². The number of phenols is 2. The minimum absolute atomic E-state index is 0.134. The van der Waals surface area contributed by atoms with Crippen molar-refractivity contribution < 1.29 is 54.1 Å². The van der Waals surface area contributed by atoms with Crippen LogP contribution in [0.3, 0.4) is 0 Å². The summed E-state index contributed by atoms with van der Waals surface area (Å²) in [5, 5.41) is 49.4. The molecule has 0 amide bonds. The molecule has 2 fully saturated rings. The Hall–Kier alpha value is -3.22. The molecule has 0 spiro atoms. The number of hydrogen-bond acceptors (Lipinski definition) is 11. The molecule has 5 N–H and O–H groups in total. The molecule has 2 saturated heterocycles. The van der Waals surface area contributed by atoms with Crippen molar-refractivity contribution in [1.29, 1.82) is 0 Å². The predicted octanol–water partition coefficient (Wildman–Crippen LogP) is 0.686. The van der Waals surface area contributed by atoms with Crippen LogP contribution in [-0.4, -0.2) is 87.5 Å². The molecule has 3 rings (SSSR count). The van der Waals surface area contributed by atoms with E-state index in [-0.39, 0.29) is 24.2 Å². The van der Waals surface area contributed by atoms with Crippen molar-refractivity contribution in [3.05, 3.63) is 53.1 Å². The average Bonchev–Trinajstić information content (AvgIpc) is 3.16. The third-order valence-electron chi connectivity index (χ3n) is 5.52. The second-order valence-corrected chi connectivity index (χ2v) is 8.68. The number of rotatable bonds is 8. The highest BCUT2D eigenvalue weighted by atomic mass is 16.7. The van der Waals surface area contributed by atoms with Gasteiger partial charge in [-0.05, 0) is 49.8 Å². The van der Waals surface area contributed by atoms with Gasteiger partial charge in [0.25, 0.3) is 0 Å². The second kappa shape index (κ2) is 12.2. The Balaban J connectivity index is 1.53. The molecule has 6 unspecified atom stereocenters. The smallest absolute Gasteiger partial charge is 0.334 e. The minimum Gasteiger partial charge on any atom is -0.504 e. The summed E-state index contributed by atoms with van der Waals surface area (Å²) >= 11 is 0. The van der Waals surface area contributed by atoms with E-state index in [4.69, 9.17) is 18.9 Å². The van der Waals surface area contributed by atoms with Crippen LogP contribution in [0.15, 0.2) is 47.6 Å². The van der Waals surface area contributed by atoms with Crippen LogP contribution in [-0.2, 0) is 28.5 Å². The normalized spacial score (nSPS) is 29.4. The van der Waals surface area contributed by atoms with Crippen LogP contribution in [0, 0.1) is 0 Å². The number of benzene rings is 1. The van der Waals surface area contributed by atoms with Crippen LogP contribution < -0.4 is 0 Å². The lowest BCUT2D eigenvalue weighted by Crippen LogP contribution is -2.59. The molecule has 196 valence electrons. The number of allylic oxidation sites excluding steroid dienone is 1. The first-order valence-electron chi connectivity index (χ1n) is 11.3. The summed E-state index contributed by atoms with van der Waals surface area (Å²) in [6.07, 6.45) is -1.57. The zero-order valence-electron chi connectivity index (χ0n) is 19.8. The van der Waals surface area contributed by atoms with Crippen LogP contribution in [0.4, 0.5) is 0 Å². The van der Waals surface area contributed by atoms with Crippen LogP contribution >= 0.6 is 0 Å². The van der Waals surface area contributed by atoms with Gasteiger partial charge < -0.3 is 44.5 Å². The Morgan fingerprint density at radius 1 is 1.11 bits per heavy atom. The van der Waals surface area contributed by atoms with Crippen molar-refractivity contribution in [1.82, 2.24) is 0 Å². The van der Waals surface area contributed by atoms with Crippen molar-refractivity contribution in [3.8, 4) is 11.5 Å². The highest BCUT2D eigenvalue weighted by molar-refractivity contribution is 5.91. The molecule has 0 bridgehead atoms. The fraction of sp³-hybridized carbons (Fsp3) is 0.440. The van der Waals surface area contributed by atoms with Gasteiger partial charge >= 0.3 is 11.9 Å². The molecule has 0 aliphatic carbocycles. The van der Waals surface area contributed by atoms with E-state index in [1.807, 2.05) is 19.9 Å². The maximum atomic E-state index is 12.0. The molecule has 1 aromatic carbocycles. The van der Waals surface area contributed by atoms with E-state index in [2.05, 4.69) is 0 Å². The first-order chi connectivity index (χ1) is 17.0. The van der Waals surface area contributed by atoms with Crippen LogP contribution in [0.25, 0.3) is 6.08 Å². The van der Waals surface area contributed by atoms with Gasteiger partial charge in [-0.25, -0.2) is 9.59 Å². The van der Waals surface area contributed by atoms with Gasteiger partial charge in [0.05, 0.1) is 6.61 Å². The number of phenolic OH excluding ortho intramolecular Hbond substituents is 2. The number of aliphatic hydroxyl groups is 3. The highest BCUT2D eigenvalue weighted by Gasteiger charge is 2.44. The maximum Gasteiger partial charge on any atom is 0.334 e. The van der Waals surface area contributed by atoms with Gasteiger partial charge in [0, 0.05) is 18.1 Å². The van der Waals surface area contributed by atoms with Crippen molar-refractivity contribution in [3.63, 3.8) is 0 Å². The molecular weight excluding hydrogens is 476 g/mol. The first-order valence-corrected chi connectivity index (χ1v) is 11.3. The van der Waals surface area contributed by atoms with Gasteiger partial charge in [-0.15, -0.1) is 0 Å². The fourth-order valence-corrected chi connectivity index (χ4v) is 3.64. The monoisotopic (exact) mass is 506 g/mol. The molecule has 11 nitrogen and oxygen atoms in total. The lowest BCUT2D eigenvalue weighted by molar-refractivity contribution is -0.299. The molecule has 2 aliphatic rings. The summed E-state index contributed by atoms with van der Waals surface area (Å²) in [7, 11) is 0. The zero-order chi connectivity index (χ0) is 26.4. The second-order valence-electron chi connectivity index (χ2n) is 8.68. The van der Waals surface area contributed by atoms with Crippen LogP contribution in [0.1, 0.15) is 25.8 Å². The fourth-order valence-electron chi connectivity index (χ4n) is 3.64. The molecule has 0 aromatic heterocycles. The lowest BCUT2D eigenvalue weighted by atomic mass is 9.99. The van der Waals surface area contributed by atoms with Crippen molar-refractivity contribution in [2.24, 2.45) is 0 Å². The average molecular weight is 507 g/mol. The number of hydrogen-bond donors (Lipinski definition) is 5. The molecule has 2 aliphatic heterocycles. The highest BCUT2D eigenvalue weighted by Crippen LogP contribution is 2.26. The summed E-state index contributed by atoms with van der Waals surface area (Å²) in [5.74, 6) is -1.92. The third kappa shape index (κ3) is 7.15. The summed E-state index contributed by atoms with van der Waals surface area (Å²) in [4.78, 5) is 24.0. The Morgan fingerprint density at radius 3 is 2.56 bits per heavy atom. The Labute approximate surface area is 207 Å². The number of aromatic hydroxyl groups is 2. The third-order valence-corrected chi connectivity index (χ3v) is 5.52. The lowest BCUT2D eigenvalue weighted by Gasteiger charge is -2.39.